The summed E-state index contributed by atoms with van der Waals surface area (Å²) in [5.41, 5.74) is 1.26. The van der Waals surface area contributed by atoms with Crippen LogP contribution in [0.2, 0.25) is 10.0 Å². The van der Waals surface area contributed by atoms with Crippen LogP contribution < -0.4 is 4.74 Å². The van der Waals surface area contributed by atoms with Crippen molar-refractivity contribution in [2.75, 3.05) is 6.61 Å². The average molecular weight is 414 g/mol. The van der Waals surface area contributed by atoms with E-state index in [1.54, 1.807) is 30.3 Å². The molecule has 2 rings (SSSR count). The highest BCUT2D eigenvalue weighted by Gasteiger charge is 2.10. The van der Waals surface area contributed by atoms with E-state index in [4.69, 9.17) is 39.1 Å². The lowest BCUT2D eigenvalue weighted by Crippen LogP contribution is -2.05. The molecule has 0 aliphatic heterocycles. The summed E-state index contributed by atoms with van der Waals surface area (Å²) >= 11 is 15.2. The number of hydrogen-bond acceptors (Lipinski definition) is 3. The molecule has 0 amide bonds. The van der Waals surface area contributed by atoms with Gasteiger partial charge >= 0.3 is 5.97 Å². The van der Waals surface area contributed by atoms with Crippen LogP contribution in [0.3, 0.4) is 0 Å². The molecule has 0 fully saturated rings. The van der Waals surface area contributed by atoms with Crippen molar-refractivity contribution in [3.8, 4) is 18.1 Å². The van der Waals surface area contributed by atoms with Crippen LogP contribution in [0, 0.1) is 12.3 Å². The Morgan fingerprint density at radius 2 is 1.96 bits per heavy atom. The molecule has 0 radical (unpaired) electrons. The number of benzene rings is 2. The van der Waals surface area contributed by atoms with E-state index in [0.29, 0.717) is 32.4 Å². The van der Waals surface area contributed by atoms with Gasteiger partial charge in [0, 0.05) is 0 Å². The van der Waals surface area contributed by atoms with E-state index in [0.717, 1.165) is 5.56 Å². The summed E-state index contributed by atoms with van der Waals surface area (Å²) in [6.07, 6.45) is 5.05. The van der Waals surface area contributed by atoms with E-state index in [1.165, 1.54) is 0 Å². The summed E-state index contributed by atoms with van der Waals surface area (Å²) in [5.74, 6) is 2.34. The zero-order valence-electron chi connectivity index (χ0n) is 11.8. The zero-order chi connectivity index (χ0) is 16.8. The molecule has 0 saturated carbocycles. The number of ether oxygens (including phenoxy) is 2. The Bertz CT molecular complexity index is 769. The highest BCUT2D eigenvalue weighted by atomic mass is 79.9. The lowest BCUT2D eigenvalue weighted by atomic mass is 10.2. The molecule has 0 aromatic heterocycles. The third-order valence-corrected chi connectivity index (χ3v) is 4.19. The van der Waals surface area contributed by atoms with Crippen LogP contribution in [-0.2, 0) is 11.3 Å². The number of carbonyl (C=O) groups excluding carboxylic acids is 1. The fourth-order valence-corrected chi connectivity index (χ4v) is 2.54. The quantitative estimate of drug-likeness (QED) is 0.503. The Labute approximate surface area is 152 Å². The number of carbonyl (C=O) groups is 1. The first-order valence-electron chi connectivity index (χ1n) is 6.48. The molecular formula is C17H11BrCl2O3. The highest BCUT2D eigenvalue weighted by Crippen LogP contribution is 2.28. The predicted octanol–water partition coefficient (Wildman–Crippen LogP) is 5.12. The minimum absolute atomic E-state index is 0.0635. The van der Waals surface area contributed by atoms with Gasteiger partial charge in [-0.1, -0.05) is 35.2 Å². The summed E-state index contributed by atoms with van der Waals surface area (Å²) in [7, 11) is 0. The fraction of sp³-hybridized carbons (Fsp3) is 0.118. The van der Waals surface area contributed by atoms with Gasteiger partial charge in [-0.2, -0.15) is 0 Å². The van der Waals surface area contributed by atoms with Crippen molar-refractivity contribution in [2.45, 2.75) is 6.61 Å². The second-order valence-corrected chi connectivity index (χ2v) is 6.13. The van der Waals surface area contributed by atoms with Crippen LogP contribution in [-0.4, -0.2) is 12.6 Å². The topological polar surface area (TPSA) is 35.5 Å². The molecule has 0 unspecified atom stereocenters. The maximum absolute atomic E-state index is 11.7. The molecule has 2 aromatic carbocycles. The summed E-state index contributed by atoms with van der Waals surface area (Å²) in [5, 5.41) is 0.963. The van der Waals surface area contributed by atoms with Gasteiger partial charge < -0.3 is 9.47 Å². The molecule has 0 saturated heterocycles. The standard InChI is InChI=1S/C17H11BrCl2O3/c1-2-7-22-17(21)12-4-6-16(13(18)9-12)23-10-11-3-5-14(19)15(20)8-11/h1,3-6,8-9H,7,10H2. The van der Waals surface area contributed by atoms with Gasteiger partial charge in [-0.15, -0.1) is 6.42 Å². The van der Waals surface area contributed by atoms with Crippen LogP contribution in [0.25, 0.3) is 0 Å². The Hall–Kier alpha value is -1.67. The molecule has 23 heavy (non-hydrogen) atoms. The van der Waals surface area contributed by atoms with E-state index < -0.39 is 5.97 Å². The maximum atomic E-state index is 11.7. The van der Waals surface area contributed by atoms with Crippen LogP contribution in [0.4, 0.5) is 0 Å². The molecule has 0 spiro atoms. The highest BCUT2D eigenvalue weighted by molar-refractivity contribution is 9.10. The second-order valence-electron chi connectivity index (χ2n) is 4.46. The monoisotopic (exact) mass is 412 g/mol. The summed E-state index contributed by atoms with van der Waals surface area (Å²) in [4.78, 5) is 11.7. The van der Waals surface area contributed by atoms with Crippen LogP contribution in [0.1, 0.15) is 15.9 Å². The Morgan fingerprint density at radius 3 is 2.61 bits per heavy atom. The lowest BCUT2D eigenvalue weighted by Gasteiger charge is -2.10. The van der Waals surface area contributed by atoms with E-state index >= 15 is 0 Å². The molecule has 3 nitrogen and oxygen atoms in total. The predicted molar refractivity (Wildman–Crippen MR) is 94.1 cm³/mol. The Morgan fingerprint density at radius 1 is 1.17 bits per heavy atom. The SMILES string of the molecule is C#CCOC(=O)c1ccc(OCc2ccc(Cl)c(Cl)c2)c(Br)c1. The van der Waals surface area contributed by atoms with Crippen molar-refractivity contribution in [1.82, 2.24) is 0 Å². The Balaban J connectivity index is 2.05. The van der Waals surface area contributed by atoms with Crippen molar-refractivity contribution in [3.05, 3.63) is 62.0 Å². The van der Waals surface area contributed by atoms with Crippen molar-refractivity contribution < 1.29 is 14.3 Å². The first kappa shape index (κ1) is 17.7. The molecule has 118 valence electrons. The smallest absolute Gasteiger partial charge is 0.339 e. The number of esters is 1. The summed E-state index contributed by atoms with van der Waals surface area (Å²) in [6, 6.07) is 10.2. The molecule has 0 heterocycles. The number of terminal acetylenes is 1. The van der Waals surface area contributed by atoms with Gasteiger partial charge in [0.05, 0.1) is 20.1 Å². The lowest BCUT2D eigenvalue weighted by molar-refractivity contribution is 0.0556. The summed E-state index contributed by atoms with van der Waals surface area (Å²) in [6.45, 7) is 0.252. The van der Waals surface area contributed by atoms with Gasteiger partial charge in [-0.25, -0.2) is 4.79 Å². The minimum atomic E-state index is -0.486. The molecule has 0 N–H and O–H groups in total. The maximum Gasteiger partial charge on any atom is 0.339 e. The van der Waals surface area contributed by atoms with E-state index in [9.17, 15) is 4.79 Å². The van der Waals surface area contributed by atoms with E-state index in [1.807, 2.05) is 6.07 Å². The van der Waals surface area contributed by atoms with Crippen molar-refractivity contribution in [3.63, 3.8) is 0 Å². The molecule has 6 heteroatoms. The Kier molecular flexibility index (Phi) is 6.35. The molecular weight excluding hydrogens is 403 g/mol. The number of rotatable bonds is 5. The van der Waals surface area contributed by atoms with Gasteiger partial charge in [0.2, 0.25) is 0 Å². The molecule has 0 aliphatic rings. The third-order valence-electron chi connectivity index (χ3n) is 2.83. The van der Waals surface area contributed by atoms with Crippen molar-refractivity contribution in [1.29, 1.82) is 0 Å². The van der Waals surface area contributed by atoms with Gasteiger partial charge in [-0.3, -0.25) is 0 Å². The van der Waals surface area contributed by atoms with Crippen LogP contribution in [0.15, 0.2) is 40.9 Å². The van der Waals surface area contributed by atoms with Crippen LogP contribution in [0.5, 0.6) is 5.75 Å². The second kappa shape index (κ2) is 8.26. The van der Waals surface area contributed by atoms with E-state index in [-0.39, 0.29) is 6.61 Å². The normalized spacial score (nSPS) is 10.0. The third kappa shape index (κ3) is 4.90. The zero-order valence-corrected chi connectivity index (χ0v) is 14.9. The fourth-order valence-electron chi connectivity index (χ4n) is 1.73. The first-order chi connectivity index (χ1) is 11.0. The average Bonchev–Trinajstić information content (AvgIpc) is 2.54. The molecule has 0 aliphatic carbocycles. The molecule has 2 aromatic rings. The molecule has 0 atom stereocenters. The number of hydrogen-bond donors (Lipinski definition) is 0. The van der Waals surface area contributed by atoms with E-state index in [2.05, 4.69) is 21.9 Å². The first-order valence-corrected chi connectivity index (χ1v) is 8.03. The van der Waals surface area contributed by atoms with Gasteiger partial charge in [0.1, 0.15) is 12.4 Å². The largest absolute Gasteiger partial charge is 0.488 e. The van der Waals surface area contributed by atoms with Gasteiger partial charge in [0.15, 0.2) is 6.61 Å². The molecule has 0 bridgehead atoms. The number of halogens is 3. The van der Waals surface area contributed by atoms with Crippen LogP contribution >= 0.6 is 39.1 Å². The van der Waals surface area contributed by atoms with Crippen molar-refractivity contribution in [2.24, 2.45) is 0 Å². The van der Waals surface area contributed by atoms with Crippen molar-refractivity contribution >= 4 is 45.1 Å². The minimum Gasteiger partial charge on any atom is -0.488 e. The van der Waals surface area contributed by atoms with Gasteiger partial charge in [0.25, 0.3) is 0 Å². The summed E-state index contributed by atoms with van der Waals surface area (Å²) < 4.78 is 11.2. The van der Waals surface area contributed by atoms with Gasteiger partial charge in [-0.05, 0) is 51.8 Å².